The van der Waals surface area contributed by atoms with Crippen molar-refractivity contribution in [3.8, 4) is 0 Å². The quantitative estimate of drug-likeness (QED) is 0.553. The third kappa shape index (κ3) is 9.62. The molecular weight excluding hydrogens is 224 g/mol. The summed E-state index contributed by atoms with van der Waals surface area (Å²) in [6.07, 6.45) is 0.988. The molecule has 0 bridgehead atoms. The van der Waals surface area contributed by atoms with Gasteiger partial charge in [0.25, 0.3) is 0 Å². The molecule has 0 heterocycles. The Morgan fingerprint density at radius 2 is 1.88 bits per heavy atom. The molecule has 2 amide bonds. The van der Waals surface area contributed by atoms with E-state index in [1.54, 1.807) is 0 Å². The van der Waals surface area contributed by atoms with Crippen LogP contribution in [0.15, 0.2) is 0 Å². The summed E-state index contributed by atoms with van der Waals surface area (Å²) in [4.78, 5) is 21.6. The first-order valence-corrected chi connectivity index (χ1v) is 5.78. The molecule has 0 aliphatic carbocycles. The SMILES string of the molecule is CC(C)CCOCCNC(=O)N[C@H](C)C(=O)O. The van der Waals surface area contributed by atoms with Crippen LogP contribution in [0.3, 0.4) is 0 Å². The lowest BCUT2D eigenvalue weighted by molar-refractivity contribution is -0.138. The smallest absolute Gasteiger partial charge is 0.325 e. The topological polar surface area (TPSA) is 87.7 Å². The van der Waals surface area contributed by atoms with Crippen molar-refractivity contribution in [2.75, 3.05) is 19.8 Å². The van der Waals surface area contributed by atoms with Gasteiger partial charge in [-0.1, -0.05) is 13.8 Å². The Balaban J connectivity index is 3.43. The van der Waals surface area contributed by atoms with Crippen molar-refractivity contribution >= 4 is 12.0 Å². The van der Waals surface area contributed by atoms with E-state index in [2.05, 4.69) is 24.5 Å². The zero-order valence-electron chi connectivity index (χ0n) is 10.7. The summed E-state index contributed by atoms with van der Waals surface area (Å²) in [7, 11) is 0. The van der Waals surface area contributed by atoms with Crippen LogP contribution in [0.2, 0.25) is 0 Å². The molecule has 0 fully saturated rings. The van der Waals surface area contributed by atoms with Crippen molar-refractivity contribution in [1.82, 2.24) is 10.6 Å². The highest BCUT2D eigenvalue weighted by molar-refractivity contribution is 5.82. The Kier molecular flexibility index (Phi) is 8.13. The third-order valence-corrected chi connectivity index (χ3v) is 2.09. The highest BCUT2D eigenvalue weighted by Crippen LogP contribution is 1.98. The zero-order chi connectivity index (χ0) is 13.3. The van der Waals surface area contributed by atoms with Crippen LogP contribution < -0.4 is 10.6 Å². The summed E-state index contributed by atoms with van der Waals surface area (Å²) < 4.78 is 5.29. The zero-order valence-corrected chi connectivity index (χ0v) is 10.7. The number of nitrogens with one attached hydrogen (secondary N) is 2. The number of hydrogen-bond acceptors (Lipinski definition) is 3. The molecule has 0 radical (unpaired) electrons. The van der Waals surface area contributed by atoms with E-state index in [-0.39, 0.29) is 0 Å². The number of carboxylic acids is 1. The van der Waals surface area contributed by atoms with Crippen LogP contribution in [0.1, 0.15) is 27.2 Å². The van der Waals surface area contributed by atoms with Gasteiger partial charge in [-0.3, -0.25) is 4.79 Å². The van der Waals surface area contributed by atoms with E-state index in [0.29, 0.717) is 25.7 Å². The van der Waals surface area contributed by atoms with Gasteiger partial charge in [0.1, 0.15) is 6.04 Å². The first kappa shape index (κ1) is 15.7. The van der Waals surface area contributed by atoms with Crippen molar-refractivity contribution in [3.05, 3.63) is 0 Å². The normalized spacial score (nSPS) is 12.2. The Bertz CT molecular complexity index is 244. The summed E-state index contributed by atoms with van der Waals surface area (Å²) in [5.41, 5.74) is 0. The van der Waals surface area contributed by atoms with Gasteiger partial charge in [0, 0.05) is 13.2 Å². The number of carbonyl (C=O) groups excluding carboxylic acids is 1. The number of ether oxygens (including phenoxy) is 1. The minimum atomic E-state index is -1.06. The van der Waals surface area contributed by atoms with Gasteiger partial charge in [0.2, 0.25) is 0 Å². The van der Waals surface area contributed by atoms with E-state index in [1.165, 1.54) is 6.92 Å². The standard InChI is InChI=1S/C11H22N2O4/c1-8(2)4-6-17-7-5-12-11(16)13-9(3)10(14)15/h8-9H,4-7H2,1-3H3,(H,14,15)(H2,12,13,16)/t9-/m1/s1. The Labute approximate surface area is 102 Å². The van der Waals surface area contributed by atoms with E-state index in [0.717, 1.165) is 6.42 Å². The minimum Gasteiger partial charge on any atom is -0.480 e. The maximum atomic E-state index is 11.2. The first-order valence-electron chi connectivity index (χ1n) is 5.78. The average molecular weight is 246 g/mol. The predicted molar refractivity (Wildman–Crippen MR) is 63.9 cm³/mol. The molecule has 6 nitrogen and oxygen atoms in total. The molecule has 0 rings (SSSR count). The maximum Gasteiger partial charge on any atom is 0.325 e. The van der Waals surface area contributed by atoms with E-state index >= 15 is 0 Å². The Hall–Kier alpha value is -1.30. The molecule has 0 saturated carbocycles. The number of rotatable bonds is 8. The molecule has 6 heteroatoms. The van der Waals surface area contributed by atoms with Crippen LogP contribution in [-0.4, -0.2) is 42.9 Å². The highest BCUT2D eigenvalue weighted by atomic mass is 16.5. The molecule has 0 aliphatic rings. The van der Waals surface area contributed by atoms with Crippen LogP contribution in [-0.2, 0) is 9.53 Å². The second kappa shape index (κ2) is 8.81. The fraction of sp³-hybridized carbons (Fsp3) is 0.818. The molecule has 3 N–H and O–H groups in total. The molecule has 0 aromatic carbocycles. The lowest BCUT2D eigenvalue weighted by Gasteiger charge is -2.11. The monoisotopic (exact) mass is 246 g/mol. The van der Waals surface area contributed by atoms with Gasteiger partial charge in [-0.2, -0.15) is 0 Å². The molecule has 17 heavy (non-hydrogen) atoms. The van der Waals surface area contributed by atoms with Gasteiger partial charge in [-0.15, -0.1) is 0 Å². The third-order valence-electron chi connectivity index (χ3n) is 2.09. The first-order chi connectivity index (χ1) is 7.93. The van der Waals surface area contributed by atoms with Gasteiger partial charge < -0.3 is 20.5 Å². The van der Waals surface area contributed by atoms with E-state index in [1.807, 2.05) is 0 Å². The Morgan fingerprint density at radius 1 is 1.24 bits per heavy atom. The van der Waals surface area contributed by atoms with Crippen LogP contribution in [0.5, 0.6) is 0 Å². The number of amides is 2. The van der Waals surface area contributed by atoms with E-state index < -0.39 is 18.0 Å². The maximum absolute atomic E-state index is 11.2. The summed E-state index contributed by atoms with van der Waals surface area (Å²) in [5.74, 6) is -0.462. The lowest BCUT2D eigenvalue weighted by atomic mass is 10.1. The predicted octanol–water partition coefficient (Wildman–Crippen LogP) is 0.821. The molecule has 0 aliphatic heterocycles. The van der Waals surface area contributed by atoms with Crippen molar-refractivity contribution in [2.45, 2.75) is 33.2 Å². The molecule has 0 unspecified atom stereocenters. The summed E-state index contributed by atoms with van der Waals surface area (Å²) in [6, 6.07) is -1.38. The summed E-state index contributed by atoms with van der Waals surface area (Å²) in [5, 5.41) is 13.4. The molecule has 1 atom stereocenters. The molecule has 0 spiro atoms. The second-order valence-corrected chi connectivity index (χ2v) is 4.26. The number of carboxylic acid groups (broad SMARTS) is 1. The fourth-order valence-electron chi connectivity index (χ4n) is 0.967. The number of aliphatic carboxylic acids is 1. The van der Waals surface area contributed by atoms with E-state index in [4.69, 9.17) is 9.84 Å². The minimum absolute atomic E-state index is 0.371. The Morgan fingerprint density at radius 3 is 2.41 bits per heavy atom. The van der Waals surface area contributed by atoms with Crippen LogP contribution in [0.25, 0.3) is 0 Å². The molecule has 0 aromatic heterocycles. The van der Waals surface area contributed by atoms with Crippen molar-refractivity contribution in [2.24, 2.45) is 5.92 Å². The summed E-state index contributed by atoms with van der Waals surface area (Å²) in [6.45, 7) is 7.11. The number of urea groups is 1. The van der Waals surface area contributed by atoms with Crippen molar-refractivity contribution < 1.29 is 19.4 Å². The van der Waals surface area contributed by atoms with Crippen LogP contribution in [0.4, 0.5) is 4.79 Å². The average Bonchev–Trinajstić information content (AvgIpc) is 2.22. The second-order valence-electron chi connectivity index (χ2n) is 4.26. The van der Waals surface area contributed by atoms with Gasteiger partial charge in [-0.05, 0) is 19.3 Å². The lowest BCUT2D eigenvalue weighted by Crippen LogP contribution is -2.45. The fourth-order valence-corrected chi connectivity index (χ4v) is 0.967. The van der Waals surface area contributed by atoms with Gasteiger partial charge in [0.05, 0.1) is 6.61 Å². The van der Waals surface area contributed by atoms with Gasteiger partial charge in [-0.25, -0.2) is 4.79 Å². The molecule has 100 valence electrons. The largest absolute Gasteiger partial charge is 0.480 e. The summed E-state index contributed by atoms with van der Waals surface area (Å²) >= 11 is 0. The van der Waals surface area contributed by atoms with Gasteiger partial charge >= 0.3 is 12.0 Å². The highest BCUT2D eigenvalue weighted by Gasteiger charge is 2.12. The molecule has 0 saturated heterocycles. The number of carbonyl (C=O) groups is 2. The molecule has 0 aromatic rings. The number of hydrogen-bond donors (Lipinski definition) is 3. The van der Waals surface area contributed by atoms with E-state index in [9.17, 15) is 9.59 Å². The van der Waals surface area contributed by atoms with Gasteiger partial charge in [0.15, 0.2) is 0 Å². The van der Waals surface area contributed by atoms with Crippen molar-refractivity contribution in [3.63, 3.8) is 0 Å². The molecular formula is C11H22N2O4. The van der Waals surface area contributed by atoms with Crippen molar-refractivity contribution in [1.29, 1.82) is 0 Å². The van der Waals surface area contributed by atoms with Crippen LogP contribution in [0, 0.1) is 5.92 Å². The van der Waals surface area contributed by atoms with Crippen LogP contribution >= 0.6 is 0 Å².